The molecule has 1 fully saturated rings. The van der Waals surface area contributed by atoms with Crippen LogP contribution in [-0.4, -0.2) is 38.5 Å². The van der Waals surface area contributed by atoms with E-state index < -0.39 is 10.0 Å². The number of rotatable bonds is 6. The molecule has 2 amide bonds. The molecule has 140 valence electrons. The first-order chi connectivity index (χ1) is 12.0. The number of urea groups is 1. The van der Waals surface area contributed by atoms with Gasteiger partial charge in [-0.3, -0.25) is 0 Å². The molecule has 7 heteroatoms. The van der Waals surface area contributed by atoms with Crippen molar-refractivity contribution in [3.8, 4) is 0 Å². The normalized spacial score (nSPS) is 16.2. The zero-order valence-corrected chi connectivity index (χ0v) is 15.9. The third-order valence-electron chi connectivity index (χ3n) is 4.64. The molecule has 0 aromatic heterocycles. The molecular formula is C18H29N3O3S. The maximum atomic E-state index is 12.5. The Morgan fingerprint density at radius 1 is 1.04 bits per heavy atom. The van der Waals surface area contributed by atoms with E-state index in [1.165, 1.54) is 25.0 Å². The molecule has 1 aromatic rings. The summed E-state index contributed by atoms with van der Waals surface area (Å²) in [5.74, 6) is 0. The number of hydrogen-bond acceptors (Lipinski definition) is 3. The van der Waals surface area contributed by atoms with Crippen LogP contribution in [0.5, 0.6) is 0 Å². The summed E-state index contributed by atoms with van der Waals surface area (Å²) in [7, 11) is -3.52. The molecule has 0 unspecified atom stereocenters. The second-order valence-corrected chi connectivity index (χ2v) is 8.15. The third kappa shape index (κ3) is 5.71. The van der Waals surface area contributed by atoms with E-state index in [9.17, 15) is 13.2 Å². The molecule has 0 spiro atoms. The second kappa shape index (κ2) is 9.20. The lowest BCUT2D eigenvalue weighted by atomic mass is 10.1. The zero-order chi connectivity index (χ0) is 18.3. The van der Waals surface area contributed by atoms with Crippen molar-refractivity contribution in [3.63, 3.8) is 0 Å². The molecule has 6 nitrogen and oxygen atoms in total. The van der Waals surface area contributed by atoms with Crippen molar-refractivity contribution >= 4 is 21.7 Å². The Morgan fingerprint density at radius 2 is 1.60 bits per heavy atom. The van der Waals surface area contributed by atoms with Gasteiger partial charge in [0.1, 0.15) is 0 Å². The molecule has 1 aromatic carbocycles. The van der Waals surface area contributed by atoms with Gasteiger partial charge < -0.3 is 10.2 Å². The fourth-order valence-electron chi connectivity index (χ4n) is 3.12. The van der Waals surface area contributed by atoms with Crippen molar-refractivity contribution in [2.45, 2.75) is 63.3 Å². The number of sulfonamides is 1. The Labute approximate surface area is 151 Å². The first-order valence-electron chi connectivity index (χ1n) is 9.14. The Bertz CT molecular complexity index is 647. The van der Waals surface area contributed by atoms with Crippen LogP contribution in [0.25, 0.3) is 0 Å². The molecule has 0 atom stereocenters. The van der Waals surface area contributed by atoms with E-state index in [4.69, 9.17) is 0 Å². The number of amides is 2. The molecule has 2 rings (SSSR count). The largest absolute Gasteiger partial charge is 0.325 e. The summed E-state index contributed by atoms with van der Waals surface area (Å²) in [5, 5.41) is 2.78. The van der Waals surface area contributed by atoms with Gasteiger partial charge in [-0.1, -0.05) is 25.7 Å². The van der Waals surface area contributed by atoms with Crippen molar-refractivity contribution in [1.82, 2.24) is 9.62 Å². The van der Waals surface area contributed by atoms with E-state index in [1.807, 2.05) is 13.8 Å². The maximum Gasteiger partial charge on any atom is 0.321 e. The van der Waals surface area contributed by atoms with Crippen LogP contribution in [0.4, 0.5) is 10.5 Å². The fraction of sp³-hybridized carbons (Fsp3) is 0.611. The van der Waals surface area contributed by atoms with E-state index >= 15 is 0 Å². The molecule has 1 aliphatic carbocycles. The van der Waals surface area contributed by atoms with Gasteiger partial charge in [0.05, 0.1) is 4.90 Å². The smallest absolute Gasteiger partial charge is 0.321 e. The van der Waals surface area contributed by atoms with Crippen molar-refractivity contribution in [1.29, 1.82) is 0 Å². The quantitative estimate of drug-likeness (QED) is 0.755. The van der Waals surface area contributed by atoms with Crippen LogP contribution in [0.2, 0.25) is 0 Å². The van der Waals surface area contributed by atoms with Crippen LogP contribution in [0, 0.1) is 0 Å². The van der Waals surface area contributed by atoms with Crippen molar-refractivity contribution in [2.75, 3.05) is 18.4 Å². The zero-order valence-electron chi connectivity index (χ0n) is 15.1. The van der Waals surface area contributed by atoms with Crippen molar-refractivity contribution in [3.05, 3.63) is 24.3 Å². The summed E-state index contributed by atoms with van der Waals surface area (Å²) < 4.78 is 27.9. The topological polar surface area (TPSA) is 78.5 Å². The summed E-state index contributed by atoms with van der Waals surface area (Å²) >= 11 is 0. The van der Waals surface area contributed by atoms with E-state index in [1.54, 1.807) is 17.0 Å². The van der Waals surface area contributed by atoms with E-state index in [2.05, 4.69) is 10.0 Å². The summed E-state index contributed by atoms with van der Waals surface area (Å²) in [4.78, 5) is 13.9. The molecule has 0 heterocycles. The first kappa shape index (κ1) is 19.7. The molecule has 25 heavy (non-hydrogen) atoms. The van der Waals surface area contributed by atoms with E-state index in [-0.39, 0.29) is 17.0 Å². The molecule has 0 aliphatic heterocycles. The average Bonchev–Trinajstić information content (AvgIpc) is 2.84. The van der Waals surface area contributed by atoms with Gasteiger partial charge in [0.25, 0.3) is 0 Å². The van der Waals surface area contributed by atoms with Gasteiger partial charge in [-0.2, -0.15) is 0 Å². The number of nitrogens with one attached hydrogen (secondary N) is 2. The minimum Gasteiger partial charge on any atom is -0.325 e. The number of carbonyl (C=O) groups excluding carboxylic acids is 1. The molecule has 0 saturated heterocycles. The van der Waals surface area contributed by atoms with Crippen LogP contribution in [0.15, 0.2) is 29.2 Å². The van der Waals surface area contributed by atoms with Gasteiger partial charge in [0, 0.05) is 24.8 Å². The van der Waals surface area contributed by atoms with Crippen LogP contribution in [-0.2, 0) is 10.0 Å². The second-order valence-electron chi connectivity index (χ2n) is 6.44. The minimum absolute atomic E-state index is 0.0227. The van der Waals surface area contributed by atoms with E-state index in [0.29, 0.717) is 18.8 Å². The number of anilines is 1. The minimum atomic E-state index is -3.52. The van der Waals surface area contributed by atoms with Crippen molar-refractivity contribution < 1.29 is 13.2 Å². The monoisotopic (exact) mass is 367 g/mol. The highest BCUT2D eigenvalue weighted by Gasteiger charge is 2.21. The Morgan fingerprint density at radius 3 is 2.12 bits per heavy atom. The Hall–Kier alpha value is -1.60. The highest BCUT2D eigenvalue weighted by molar-refractivity contribution is 7.89. The van der Waals surface area contributed by atoms with Crippen LogP contribution < -0.4 is 10.0 Å². The number of nitrogens with zero attached hydrogens (tertiary/aromatic N) is 1. The lowest BCUT2D eigenvalue weighted by Gasteiger charge is -2.19. The lowest BCUT2D eigenvalue weighted by molar-refractivity contribution is 0.217. The molecule has 1 saturated carbocycles. The van der Waals surface area contributed by atoms with Gasteiger partial charge in [-0.15, -0.1) is 0 Å². The van der Waals surface area contributed by atoms with Gasteiger partial charge in [-0.25, -0.2) is 17.9 Å². The van der Waals surface area contributed by atoms with Gasteiger partial charge in [0.15, 0.2) is 0 Å². The first-order valence-corrected chi connectivity index (χ1v) is 10.6. The fourth-order valence-corrected chi connectivity index (χ4v) is 4.42. The van der Waals surface area contributed by atoms with Crippen LogP contribution in [0.3, 0.4) is 0 Å². The SMILES string of the molecule is CCN(CC)C(=O)Nc1ccc(S(=O)(=O)NC2CCCCCC2)cc1. The predicted octanol–water partition coefficient (Wildman–Crippen LogP) is 3.56. The molecule has 2 N–H and O–H groups in total. The standard InChI is InChI=1S/C18H29N3O3S/c1-3-21(4-2)18(22)19-15-11-13-17(14-12-15)25(23,24)20-16-9-7-5-6-8-10-16/h11-14,16,20H,3-10H2,1-2H3,(H,19,22). The molecule has 0 radical (unpaired) electrons. The average molecular weight is 368 g/mol. The molecule has 0 bridgehead atoms. The molecule has 1 aliphatic rings. The predicted molar refractivity (Wildman–Crippen MR) is 100 cm³/mol. The number of benzene rings is 1. The van der Waals surface area contributed by atoms with Gasteiger partial charge in [-0.05, 0) is 51.0 Å². The summed E-state index contributed by atoms with van der Waals surface area (Å²) in [6, 6.07) is 6.17. The lowest BCUT2D eigenvalue weighted by Crippen LogP contribution is -2.35. The highest BCUT2D eigenvalue weighted by Crippen LogP contribution is 2.20. The maximum absolute atomic E-state index is 12.5. The van der Waals surface area contributed by atoms with Gasteiger partial charge in [0.2, 0.25) is 10.0 Å². The highest BCUT2D eigenvalue weighted by atomic mass is 32.2. The van der Waals surface area contributed by atoms with E-state index in [0.717, 1.165) is 25.7 Å². The molecular weight excluding hydrogens is 338 g/mol. The summed E-state index contributed by atoms with van der Waals surface area (Å²) in [5.41, 5.74) is 0.588. The summed E-state index contributed by atoms with van der Waals surface area (Å²) in [6.07, 6.45) is 6.31. The Balaban J connectivity index is 2.01. The third-order valence-corrected chi connectivity index (χ3v) is 6.18. The van der Waals surface area contributed by atoms with Gasteiger partial charge >= 0.3 is 6.03 Å². The Kier molecular flexibility index (Phi) is 7.25. The summed E-state index contributed by atoms with van der Waals surface area (Å²) in [6.45, 7) is 5.08. The number of carbonyl (C=O) groups is 1. The van der Waals surface area contributed by atoms with Crippen molar-refractivity contribution in [2.24, 2.45) is 0 Å². The number of hydrogen-bond donors (Lipinski definition) is 2. The van der Waals surface area contributed by atoms with Crippen LogP contribution >= 0.6 is 0 Å². The van der Waals surface area contributed by atoms with Crippen LogP contribution in [0.1, 0.15) is 52.4 Å².